The van der Waals surface area contributed by atoms with Gasteiger partial charge in [-0.2, -0.15) is 0 Å². The van der Waals surface area contributed by atoms with Crippen LogP contribution in [0.1, 0.15) is 0 Å². The molecule has 116 valence electrons. The van der Waals surface area contributed by atoms with E-state index < -0.39 is 7.25 Å². The third-order valence-electron chi connectivity index (χ3n) is 2.65. The van der Waals surface area contributed by atoms with Crippen molar-refractivity contribution in [3.05, 3.63) is 23.2 Å². The van der Waals surface area contributed by atoms with Crippen molar-refractivity contribution < 1.29 is 26.7 Å². The topological polar surface area (TPSA) is 49.9 Å². The van der Waals surface area contributed by atoms with Crippen molar-refractivity contribution in [2.75, 3.05) is 38.3 Å². The van der Waals surface area contributed by atoms with Crippen LogP contribution >= 0.6 is 0 Å². The Morgan fingerprint density at radius 3 is 2.29 bits per heavy atom. The number of diazo groups is 1. The van der Waals surface area contributed by atoms with Gasteiger partial charge in [-0.05, 0) is 6.07 Å². The highest BCUT2D eigenvalue weighted by Gasteiger charge is 2.20. The van der Waals surface area contributed by atoms with Crippen molar-refractivity contribution in [1.29, 1.82) is 5.39 Å². The molecule has 2 rings (SSSR count). The molecule has 1 aromatic carbocycles. The minimum Gasteiger partial charge on any atom is -0.489 e. The highest BCUT2D eigenvalue weighted by Crippen LogP contribution is 2.32. The third-order valence-corrected chi connectivity index (χ3v) is 2.65. The van der Waals surface area contributed by atoms with Gasteiger partial charge in [0, 0.05) is 30.9 Å². The molecule has 0 amide bonds. The molecular weight excluding hydrogens is 293 g/mol. The largest absolute Gasteiger partial charge is 0.673 e. The van der Waals surface area contributed by atoms with Crippen LogP contribution in [0.4, 0.5) is 28.6 Å². The molecule has 21 heavy (non-hydrogen) atoms. The van der Waals surface area contributed by atoms with Crippen LogP contribution in [0.15, 0.2) is 18.2 Å². The molecule has 1 aromatic rings. The molecule has 1 aliphatic rings. The Hall–Kier alpha value is -2.02. The summed E-state index contributed by atoms with van der Waals surface area (Å²) >= 11 is 0. The molecule has 1 saturated heterocycles. The highest BCUT2D eigenvalue weighted by molar-refractivity contribution is 6.50. The lowest BCUT2D eigenvalue weighted by molar-refractivity contribution is 0.122. The number of nitrogens with zero attached hydrogens (tertiary/aromatic N) is 3. The summed E-state index contributed by atoms with van der Waals surface area (Å²) in [6.07, 6.45) is 0. The number of rotatable bonds is 2. The van der Waals surface area contributed by atoms with E-state index in [2.05, 4.69) is 9.88 Å². The van der Waals surface area contributed by atoms with Gasteiger partial charge in [0.25, 0.3) is 0 Å². The van der Waals surface area contributed by atoms with Gasteiger partial charge >= 0.3 is 12.9 Å². The maximum absolute atomic E-state index is 9.75. The van der Waals surface area contributed by atoms with E-state index in [1.165, 1.54) is 0 Å². The molecule has 0 aliphatic carbocycles. The second kappa shape index (κ2) is 7.68. The normalized spacial score (nSPS) is 14.8. The van der Waals surface area contributed by atoms with Crippen molar-refractivity contribution in [3.8, 4) is 5.75 Å². The summed E-state index contributed by atoms with van der Waals surface area (Å²) in [5.41, 5.74) is 1.51. The van der Waals surface area contributed by atoms with Gasteiger partial charge < -0.3 is 31.6 Å². The zero-order valence-electron chi connectivity index (χ0n) is 11.3. The van der Waals surface area contributed by atoms with E-state index in [0.717, 1.165) is 32.0 Å². The third kappa shape index (κ3) is 6.31. The number of anilines is 1. The van der Waals surface area contributed by atoms with Crippen LogP contribution in [0.2, 0.25) is 0 Å². The number of hydrogen-bond acceptors (Lipinski definition) is 4. The molecule has 0 saturated carbocycles. The smallest absolute Gasteiger partial charge is 0.489 e. The minimum absolute atomic E-state index is 0.444. The predicted octanol–water partition coefficient (Wildman–Crippen LogP) is 3.32. The van der Waals surface area contributed by atoms with E-state index in [4.69, 9.17) is 14.9 Å². The first-order valence-corrected chi connectivity index (χ1v) is 6.08. The first-order chi connectivity index (χ1) is 9.85. The van der Waals surface area contributed by atoms with Gasteiger partial charge in [0.15, 0.2) is 4.98 Å². The Balaban J connectivity index is 0.000000383. The fourth-order valence-corrected chi connectivity index (χ4v) is 1.77. The molecule has 0 bridgehead atoms. The molecule has 10 heteroatoms. The molecular formula is C11H14BF4N3O2. The lowest BCUT2D eigenvalue weighted by Crippen LogP contribution is -2.36. The average Bonchev–Trinajstić information content (AvgIpc) is 2.45. The van der Waals surface area contributed by atoms with Crippen LogP contribution in [-0.2, 0) is 4.74 Å². The van der Waals surface area contributed by atoms with Crippen LogP contribution in [-0.4, -0.2) is 40.7 Å². The summed E-state index contributed by atoms with van der Waals surface area (Å²) < 4.78 is 49.4. The lowest BCUT2D eigenvalue weighted by Gasteiger charge is -2.28. The quantitative estimate of drug-likeness (QED) is 0.478. The van der Waals surface area contributed by atoms with Gasteiger partial charge in [-0.15, -0.1) is 0 Å². The van der Waals surface area contributed by atoms with Crippen LogP contribution < -0.4 is 9.64 Å². The summed E-state index contributed by atoms with van der Waals surface area (Å²) in [7, 11) is -4.44. The summed E-state index contributed by atoms with van der Waals surface area (Å²) in [6, 6.07) is 5.53. The summed E-state index contributed by atoms with van der Waals surface area (Å²) in [5, 5.41) is 8.76. The lowest BCUT2D eigenvalue weighted by atomic mass is 10.2. The number of benzene rings is 1. The Bertz CT molecular complexity index is 495. The molecule has 0 radical (unpaired) electrons. The zero-order chi connectivity index (χ0) is 15.9. The molecule has 1 fully saturated rings. The second-order valence-electron chi connectivity index (χ2n) is 4.05. The van der Waals surface area contributed by atoms with E-state index in [1.807, 2.05) is 12.1 Å². The Kier molecular flexibility index (Phi) is 6.23. The van der Waals surface area contributed by atoms with Gasteiger partial charge in [0.2, 0.25) is 11.1 Å². The first kappa shape index (κ1) is 17.0. The number of hydrogen-bond donors (Lipinski definition) is 0. The van der Waals surface area contributed by atoms with E-state index in [-0.39, 0.29) is 0 Å². The van der Waals surface area contributed by atoms with Crippen molar-refractivity contribution in [2.24, 2.45) is 0 Å². The molecule has 1 aliphatic heterocycles. The Morgan fingerprint density at radius 1 is 1.24 bits per heavy atom. The van der Waals surface area contributed by atoms with Crippen LogP contribution in [0.25, 0.3) is 4.98 Å². The Labute approximate surface area is 119 Å². The van der Waals surface area contributed by atoms with Gasteiger partial charge in [-0.3, -0.25) is 0 Å². The van der Waals surface area contributed by atoms with Crippen LogP contribution in [0.5, 0.6) is 5.75 Å². The molecule has 1 heterocycles. The van der Waals surface area contributed by atoms with Gasteiger partial charge in [0.1, 0.15) is 0 Å². The summed E-state index contributed by atoms with van der Waals surface area (Å²) in [5.74, 6) is 0.575. The highest BCUT2D eigenvalue weighted by atomic mass is 19.5. The molecule has 0 spiro atoms. The standard InChI is InChI=1S/C11H14N3O2.BF4/c1-15-11-8-9(2-3-10(11)13-12)14-4-6-16-7-5-14;2-1(3,4)5/h2-3,8H,4-7H2,1H3;/q+1;-1. The van der Waals surface area contributed by atoms with E-state index in [9.17, 15) is 17.3 Å². The van der Waals surface area contributed by atoms with Crippen molar-refractivity contribution in [3.63, 3.8) is 0 Å². The number of methoxy groups -OCH3 is 1. The van der Waals surface area contributed by atoms with Crippen molar-refractivity contribution >= 4 is 18.6 Å². The first-order valence-electron chi connectivity index (χ1n) is 6.08. The molecule has 0 N–H and O–H groups in total. The number of morpholine rings is 1. The molecule has 0 aromatic heterocycles. The Morgan fingerprint density at radius 2 is 1.81 bits per heavy atom. The minimum atomic E-state index is -6.00. The van der Waals surface area contributed by atoms with Crippen molar-refractivity contribution in [1.82, 2.24) is 0 Å². The second-order valence-corrected chi connectivity index (χ2v) is 4.05. The summed E-state index contributed by atoms with van der Waals surface area (Å²) in [4.78, 5) is 5.37. The maximum atomic E-state index is 9.75. The monoisotopic (exact) mass is 307 g/mol. The van der Waals surface area contributed by atoms with Crippen molar-refractivity contribution in [2.45, 2.75) is 0 Å². The fourth-order valence-electron chi connectivity index (χ4n) is 1.77. The zero-order valence-corrected chi connectivity index (χ0v) is 11.3. The van der Waals surface area contributed by atoms with E-state index in [0.29, 0.717) is 11.4 Å². The van der Waals surface area contributed by atoms with Gasteiger partial charge in [0.05, 0.1) is 20.3 Å². The van der Waals surface area contributed by atoms with Gasteiger partial charge in [-0.1, -0.05) is 0 Å². The molecule has 5 nitrogen and oxygen atoms in total. The van der Waals surface area contributed by atoms with E-state index in [1.54, 1.807) is 13.2 Å². The van der Waals surface area contributed by atoms with Crippen LogP contribution in [0.3, 0.4) is 0 Å². The fraction of sp³-hybridized carbons (Fsp3) is 0.455. The summed E-state index contributed by atoms with van der Waals surface area (Å²) in [6.45, 7) is 3.24. The predicted molar refractivity (Wildman–Crippen MR) is 71.0 cm³/mol. The molecule has 0 unspecified atom stereocenters. The number of halogens is 4. The van der Waals surface area contributed by atoms with Crippen LogP contribution in [0, 0.1) is 5.39 Å². The SMILES string of the molecule is COc1cc(N2CCOCC2)ccc1[N+]#N.F[B-](F)(F)F. The van der Waals surface area contributed by atoms with E-state index >= 15 is 0 Å². The maximum Gasteiger partial charge on any atom is 0.673 e. The average molecular weight is 307 g/mol. The van der Waals surface area contributed by atoms with Gasteiger partial charge in [-0.25, -0.2) is 0 Å². The number of ether oxygens (including phenoxy) is 2. The molecule has 0 atom stereocenters.